The molecule has 1 atom stereocenters. The van der Waals surface area contributed by atoms with Crippen molar-refractivity contribution in [2.45, 2.75) is 6.04 Å². The van der Waals surface area contributed by atoms with Crippen LogP contribution in [0.4, 0.5) is 10.5 Å². The minimum absolute atomic E-state index is 0.0553. The number of likely N-dealkylation sites (N-methyl/N-ethyl adjacent to an activating group) is 1. The van der Waals surface area contributed by atoms with Crippen LogP contribution in [0.3, 0.4) is 0 Å². The Morgan fingerprint density at radius 2 is 2.16 bits per heavy atom. The van der Waals surface area contributed by atoms with Gasteiger partial charge in [-0.05, 0) is 44.4 Å². The average molecular weight is 340 g/mol. The fourth-order valence-corrected chi connectivity index (χ4v) is 2.45. The van der Waals surface area contributed by atoms with Crippen molar-refractivity contribution in [2.24, 2.45) is 0 Å². The lowest BCUT2D eigenvalue weighted by molar-refractivity contribution is 0.233. The Balaban J connectivity index is 1.65. The first kappa shape index (κ1) is 16.7. The van der Waals surface area contributed by atoms with Gasteiger partial charge in [-0.25, -0.2) is 14.5 Å². The van der Waals surface area contributed by atoms with Crippen molar-refractivity contribution in [3.63, 3.8) is 0 Å². The van der Waals surface area contributed by atoms with Crippen molar-refractivity contribution >= 4 is 11.7 Å². The zero-order chi connectivity index (χ0) is 17.6. The molecule has 130 valence electrons. The summed E-state index contributed by atoms with van der Waals surface area (Å²) in [6, 6.07) is 8.68. The van der Waals surface area contributed by atoms with Gasteiger partial charge in [0, 0.05) is 25.1 Å². The molecule has 0 spiro atoms. The molecule has 0 radical (unpaired) electrons. The SMILES string of the molecule is CN(C)[C@H](CNC(=O)Nc1cccnc1-n1cccn1)c1ccco1. The number of aromatic nitrogens is 3. The summed E-state index contributed by atoms with van der Waals surface area (Å²) >= 11 is 0. The van der Waals surface area contributed by atoms with E-state index in [1.54, 1.807) is 47.7 Å². The number of furan rings is 1. The Hall–Kier alpha value is -3.13. The molecule has 8 nitrogen and oxygen atoms in total. The number of anilines is 1. The molecule has 0 unspecified atom stereocenters. The van der Waals surface area contributed by atoms with Gasteiger partial charge in [-0.3, -0.25) is 4.90 Å². The van der Waals surface area contributed by atoms with Crippen molar-refractivity contribution in [3.8, 4) is 5.82 Å². The predicted molar refractivity (Wildman–Crippen MR) is 93.5 cm³/mol. The standard InChI is InChI=1S/C17H20N6O2/c1-22(2)14(15-7-4-11-25-15)12-19-17(24)21-13-6-3-8-18-16(13)23-10-5-9-20-23/h3-11,14H,12H2,1-2H3,(H2,19,21,24)/t14-/m1/s1. The molecule has 0 aliphatic heterocycles. The van der Waals surface area contributed by atoms with Crippen molar-refractivity contribution in [3.05, 3.63) is 60.9 Å². The fourth-order valence-electron chi connectivity index (χ4n) is 2.45. The summed E-state index contributed by atoms with van der Waals surface area (Å²) in [5.41, 5.74) is 0.572. The molecule has 0 fully saturated rings. The number of nitrogens with one attached hydrogen (secondary N) is 2. The molecule has 3 heterocycles. The number of carbonyl (C=O) groups excluding carboxylic acids is 1. The number of hydrogen-bond acceptors (Lipinski definition) is 5. The monoisotopic (exact) mass is 340 g/mol. The summed E-state index contributed by atoms with van der Waals surface area (Å²) in [5, 5.41) is 9.83. The van der Waals surface area contributed by atoms with E-state index in [2.05, 4.69) is 20.7 Å². The fraction of sp³-hybridized carbons (Fsp3) is 0.235. The Bertz CT molecular complexity index is 798. The summed E-state index contributed by atoms with van der Waals surface area (Å²) < 4.78 is 7.04. The Morgan fingerprint density at radius 3 is 2.84 bits per heavy atom. The number of pyridine rings is 1. The highest BCUT2D eigenvalue weighted by Gasteiger charge is 2.18. The average Bonchev–Trinajstić information content (AvgIpc) is 3.29. The van der Waals surface area contributed by atoms with Crippen LogP contribution in [-0.4, -0.2) is 46.3 Å². The zero-order valence-electron chi connectivity index (χ0n) is 14.1. The first-order chi connectivity index (χ1) is 12.1. The minimum atomic E-state index is -0.320. The highest BCUT2D eigenvalue weighted by atomic mass is 16.3. The highest BCUT2D eigenvalue weighted by molar-refractivity contribution is 5.90. The summed E-state index contributed by atoms with van der Waals surface area (Å²) in [6.07, 6.45) is 6.70. The second-order valence-electron chi connectivity index (χ2n) is 5.66. The molecular formula is C17H20N6O2. The maximum Gasteiger partial charge on any atom is 0.319 e. The lowest BCUT2D eigenvalue weighted by Gasteiger charge is -2.22. The molecule has 0 saturated heterocycles. The molecule has 25 heavy (non-hydrogen) atoms. The third-order valence-corrected chi connectivity index (χ3v) is 3.71. The Kier molecular flexibility index (Phi) is 5.10. The van der Waals surface area contributed by atoms with Gasteiger partial charge in [0.1, 0.15) is 5.76 Å². The van der Waals surface area contributed by atoms with Crippen LogP contribution >= 0.6 is 0 Å². The molecule has 0 aliphatic rings. The number of nitrogens with zero attached hydrogens (tertiary/aromatic N) is 4. The molecule has 2 N–H and O–H groups in total. The molecule has 8 heteroatoms. The third-order valence-electron chi connectivity index (χ3n) is 3.71. The molecular weight excluding hydrogens is 320 g/mol. The second kappa shape index (κ2) is 7.63. The van der Waals surface area contributed by atoms with Gasteiger partial charge in [-0.2, -0.15) is 5.10 Å². The lowest BCUT2D eigenvalue weighted by atomic mass is 10.2. The predicted octanol–water partition coefficient (Wildman–Crippen LogP) is 2.28. The highest BCUT2D eigenvalue weighted by Crippen LogP contribution is 2.18. The molecule has 0 aliphatic carbocycles. The molecule has 0 aromatic carbocycles. The van der Waals surface area contributed by atoms with E-state index in [1.807, 2.05) is 31.1 Å². The maximum atomic E-state index is 12.3. The molecule has 3 rings (SSSR count). The van der Waals surface area contributed by atoms with Crippen molar-refractivity contribution in [1.82, 2.24) is 25.0 Å². The van der Waals surface area contributed by atoms with Gasteiger partial charge < -0.3 is 15.1 Å². The van der Waals surface area contributed by atoms with Gasteiger partial charge in [0.2, 0.25) is 0 Å². The van der Waals surface area contributed by atoms with Crippen LogP contribution in [0.25, 0.3) is 5.82 Å². The van der Waals surface area contributed by atoms with E-state index in [1.165, 1.54) is 0 Å². The quantitative estimate of drug-likeness (QED) is 0.719. The maximum absolute atomic E-state index is 12.3. The van der Waals surface area contributed by atoms with Gasteiger partial charge in [0.05, 0.1) is 18.0 Å². The molecule has 0 saturated carbocycles. The second-order valence-corrected chi connectivity index (χ2v) is 5.66. The van der Waals surface area contributed by atoms with Gasteiger partial charge in [0.15, 0.2) is 5.82 Å². The Labute approximate surface area is 145 Å². The first-order valence-electron chi connectivity index (χ1n) is 7.85. The molecule has 0 bridgehead atoms. The Morgan fingerprint density at radius 1 is 1.28 bits per heavy atom. The van der Waals surface area contributed by atoms with Crippen LogP contribution in [0.15, 0.2) is 59.6 Å². The summed E-state index contributed by atoms with van der Waals surface area (Å²) in [4.78, 5) is 18.6. The summed E-state index contributed by atoms with van der Waals surface area (Å²) in [6.45, 7) is 0.406. The van der Waals surface area contributed by atoms with E-state index in [9.17, 15) is 4.79 Å². The summed E-state index contributed by atoms with van der Waals surface area (Å²) in [5.74, 6) is 1.35. The van der Waals surface area contributed by atoms with E-state index in [0.29, 0.717) is 18.1 Å². The van der Waals surface area contributed by atoms with Crippen LogP contribution in [-0.2, 0) is 0 Å². The van der Waals surface area contributed by atoms with E-state index >= 15 is 0 Å². The number of amides is 2. The first-order valence-corrected chi connectivity index (χ1v) is 7.85. The topological polar surface area (TPSA) is 88.2 Å². The van der Waals surface area contributed by atoms with Crippen molar-refractivity contribution in [1.29, 1.82) is 0 Å². The largest absolute Gasteiger partial charge is 0.468 e. The number of rotatable bonds is 6. The van der Waals surface area contributed by atoms with Crippen LogP contribution in [0, 0.1) is 0 Å². The van der Waals surface area contributed by atoms with Crippen LogP contribution in [0.2, 0.25) is 0 Å². The van der Waals surface area contributed by atoms with E-state index in [0.717, 1.165) is 5.76 Å². The van der Waals surface area contributed by atoms with E-state index in [4.69, 9.17) is 4.42 Å². The molecule has 2 amide bonds. The van der Waals surface area contributed by atoms with Gasteiger partial charge in [-0.15, -0.1) is 0 Å². The van der Waals surface area contributed by atoms with Gasteiger partial charge in [-0.1, -0.05) is 0 Å². The van der Waals surface area contributed by atoms with Crippen molar-refractivity contribution < 1.29 is 9.21 Å². The normalized spacial score (nSPS) is 12.1. The number of urea groups is 1. The van der Waals surface area contributed by atoms with Crippen LogP contribution < -0.4 is 10.6 Å². The molecule has 3 aromatic heterocycles. The number of carbonyl (C=O) groups is 1. The van der Waals surface area contributed by atoms with Gasteiger partial charge >= 0.3 is 6.03 Å². The van der Waals surface area contributed by atoms with Crippen LogP contribution in [0.1, 0.15) is 11.8 Å². The molecule has 3 aromatic rings. The van der Waals surface area contributed by atoms with Crippen molar-refractivity contribution in [2.75, 3.05) is 26.0 Å². The minimum Gasteiger partial charge on any atom is -0.468 e. The third kappa shape index (κ3) is 4.04. The summed E-state index contributed by atoms with van der Waals surface area (Å²) in [7, 11) is 3.87. The van der Waals surface area contributed by atoms with E-state index in [-0.39, 0.29) is 12.1 Å². The lowest BCUT2D eigenvalue weighted by Crippen LogP contribution is -2.37. The zero-order valence-corrected chi connectivity index (χ0v) is 14.1. The van der Waals surface area contributed by atoms with Crippen LogP contribution in [0.5, 0.6) is 0 Å². The number of hydrogen-bond donors (Lipinski definition) is 2. The van der Waals surface area contributed by atoms with Gasteiger partial charge in [0.25, 0.3) is 0 Å². The van der Waals surface area contributed by atoms with E-state index < -0.39 is 0 Å². The smallest absolute Gasteiger partial charge is 0.319 e.